The van der Waals surface area contributed by atoms with Crippen LogP contribution in [0.2, 0.25) is 0 Å². The minimum Gasteiger partial charge on any atom is -0.332 e. The molecule has 4 nitrogen and oxygen atoms in total. The average molecular weight is 238 g/mol. The zero-order valence-corrected chi connectivity index (χ0v) is 11.8. The highest BCUT2D eigenvalue weighted by Gasteiger charge is 2.17. The first-order chi connectivity index (χ1) is 7.79. The summed E-state index contributed by atoms with van der Waals surface area (Å²) in [6.45, 7) is 7.42. The molecule has 1 rings (SSSR count). The van der Waals surface area contributed by atoms with Gasteiger partial charge in [-0.3, -0.25) is 0 Å². The lowest BCUT2D eigenvalue weighted by Gasteiger charge is -2.23. The molecule has 0 bridgehead atoms. The van der Waals surface area contributed by atoms with Crippen LogP contribution in [0, 0.1) is 0 Å². The van der Waals surface area contributed by atoms with Gasteiger partial charge in [0.25, 0.3) is 0 Å². The third-order valence-electron chi connectivity index (χ3n) is 2.85. The van der Waals surface area contributed by atoms with Gasteiger partial charge in [-0.15, -0.1) is 0 Å². The lowest BCUT2D eigenvalue weighted by Crippen LogP contribution is -2.35. The maximum Gasteiger partial charge on any atom is 0.0950 e. The summed E-state index contributed by atoms with van der Waals surface area (Å²) in [6, 6.07) is 0.470. The van der Waals surface area contributed by atoms with Gasteiger partial charge in [0.1, 0.15) is 0 Å². The number of hydrogen-bond donors (Lipinski definition) is 1. The van der Waals surface area contributed by atoms with Crippen LogP contribution in [0.25, 0.3) is 0 Å². The Hall–Kier alpha value is -0.870. The molecule has 0 amide bonds. The molecule has 2 N–H and O–H groups in total. The van der Waals surface area contributed by atoms with Crippen molar-refractivity contribution in [2.45, 2.75) is 45.2 Å². The number of nitrogens with zero attached hydrogens (tertiary/aromatic N) is 3. The maximum atomic E-state index is 6.07. The second-order valence-electron chi connectivity index (χ2n) is 5.90. The van der Waals surface area contributed by atoms with Crippen molar-refractivity contribution in [1.82, 2.24) is 14.5 Å². The molecule has 1 unspecified atom stereocenters. The summed E-state index contributed by atoms with van der Waals surface area (Å²) in [5.74, 6) is 0. The van der Waals surface area contributed by atoms with Crippen molar-refractivity contribution in [3.8, 4) is 0 Å². The summed E-state index contributed by atoms with van der Waals surface area (Å²) < 4.78 is 2.25. The predicted molar refractivity (Wildman–Crippen MR) is 72.1 cm³/mol. The molecule has 0 spiro atoms. The van der Waals surface area contributed by atoms with Crippen LogP contribution in [-0.4, -0.2) is 40.6 Å². The van der Waals surface area contributed by atoms with Gasteiger partial charge >= 0.3 is 0 Å². The molecule has 0 aliphatic rings. The predicted octanol–water partition coefficient (Wildman–Crippen LogP) is 1.68. The Morgan fingerprint density at radius 1 is 1.47 bits per heavy atom. The van der Waals surface area contributed by atoms with E-state index < -0.39 is 0 Å². The Morgan fingerprint density at radius 2 is 2.12 bits per heavy atom. The topological polar surface area (TPSA) is 47.1 Å². The van der Waals surface area contributed by atoms with Crippen LogP contribution >= 0.6 is 0 Å². The second kappa shape index (κ2) is 5.65. The lowest BCUT2D eigenvalue weighted by molar-refractivity contribution is 0.352. The first-order valence-electron chi connectivity index (χ1n) is 6.24. The first-order valence-corrected chi connectivity index (χ1v) is 6.24. The number of aromatic nitrogens is 2. The largest absolute Gasteiger partial charge is 0.332 e. The number of rotatable bonds is 6. The highest BCUT2D eigenvalue weighted by Crippen LogP contribution is 2.17. The molecule has 0 saturated carbocycles. The van der Waals surface area contributed by atoms with Crippen LogP contribution in [0.3, 0.4) is 0 Å². The maximum absolute atomic E-state index is 6.07. The molecular weight excluding hydrogens is 212 g/mol. The fourth-order valence-electron chi connectivity index (χ4n) is 1.92. The van der Waals surface area contributed by atoms with Crippen molar-refractivity contribution in [3.05, 3.63) is 18.2 Å². The Morgan fingerprint density at radius 3 is 2.65 bits per heavy atom. The van der Waals surface area contributed by atoms with E-state index in [0.717, 1.165) is 19.4 Å². The Balaban J connectivity index is 2.67. The molecule has 0 aliphatic carbocycles. The Bertz CT molecular complexity index is 335. The van der Waals surface area contributed by atoms with Crippen LogP contribution in [-0.2, 0) is 6.42 Å². The number of hydrogen-bond acceptors (Lipinski definition) is 3. The quantitative estimate of drug-likeness (QED) is 0.820. The standard InChI is InChI=1S/C13H26N4/c1-11(6-7-16(4)5)17-10-15-9-12(17)8-13(2,3)14/h9-11H,6-8,14H2,1-5H3. The lowest BCUT2D eigenvalue weighted by atomic mass is 10.00. The zero-order valence-electron chi connectivity index (χ0n) is 11.8. The van der Waals surface area contributed by atoms with Crippen LogP contribution in [0.15, 0.2) is 12.5 Å². The molecule has 0 aromatic carbocycles. The van der Waals surface area contributed by atoms with Crippen LogP contribution in [0.4, 0.5) is 0 Å². The van der Waals surface area contributed by atoms with Crippen LogP contribution in [0.5, 0.6) is 0 Å². The smallest absolute Gasteiger partial charge is 0.0950 e. The van der Waals surface area contributed by atoms with E-state index in [1.54, 1.807) is 0 Å². The van der Waals surface area contributed by atoms with Crippen LogP contribution in [0.1, 0.15) is 38.9 Å². The summed E-state index contributed by atoms with van der Waals surface area (Å²) in [7, 11) is 4.20. The molecule has 0 radical (unpaired) electrons. The third kappa shape index (κ3) is 4.88. The van der Waals surface area contributed by atoms with Gasteiger partial charge in [-0.25, -0.2) is 4.98 Å². The second-order valence-corrected chi connectivity index (χ2v) is 5.90. The van der Waals surface area contributed by atoms with E-state index in [1.807, 2.05) is 12.5 Å². The van der Waals surface area contributed by atoms with E-state index in [0.29, 0.717) is 6.04 Å². The van der Waals surface area contributed by atoms with Crippen molar-refractivity contribution in [2.24, 2.45) is 5.73 Å². The highest BCUT2D eigenvalue weighted by atomic mass is 15.1. The van der Waals surface area contributed by atoms with Gasteiger partial charge < -0.3 is 15.2 Å². The number of nitrogens with two attached hydrogens (primary N) is 1. The van der Waals surface area contributed by atoms with E-state index in [4.69, 9.17) is 5.73 Å². The van der Waals surface area contributed by atoms with Crippen molar-refractivity contribution >= 4 is 0 Å². The van der Waals surface area contributed by atoms with Crippen LogP contribution < -0.4 is 5.73 Å². The SMILES string of the molecule is CC(CCN(C)C)n1cncc1CC(C)(C)N. The van der Waals surface area contributed by atoms with Crippen molar-refractivity contribution in [3.63, 3.8) is 0 Å². The van der Waals surface area contributed by atoms with Crippen molar-refractivity contribution in [1.29, 1.82) is 0 Å². The minimum absolute atomic E-state index is 0.181. The fraction of sp³-hybridized carbons (Fsp3) is 0.769. The van der Waals surface area contributed by atoms with Gasteiger partial charge in [0.2, 0.25) is 0 Å². The molecule has 0 saturated heterocycles. The number of imidazole rings is 1. The molecule has 0 fully saturated rings. The third-order valence-corrected chi connectivity index (χ3v) is 2.85. The Labute approximate surface area is 105 Å². The average Bonchev–Trinajstić information content (AvgIpc) is 2.59. The fourth-order valence-corrected chi connectivity index (χ4v) is 1.92. The van der Waals surface area contributed by atoms with E-state index in [2.05, 4.69) is 49.3 Å². The van der Waals surface area contributed by atoms with E-state index in [-0.39, 0.29) is 5.54 Å². The van der Waals surface area contributed by atoms with Gasteiger partial charge in [0, 0.05) is 29.9 Å². The van der Waals surface area contributed by atoms with Crippen molar-refractivity contribution in [2.75, 3.05) is 20.6 Å². The van der Waals surface area contributed by atoms with Gasteiger partial charge in [0.15, 0.2) is 0 Å². The van der Waals surface area contributed by atoms with Gasteiger partial charge in [-0.1, -0.05) is 0 Å². The molecule has 4 heteroatoms. The van der Waals surface area contributed by atoms with E-state index >= 15 is 0 Å². The first kappa shape index (κ1) is 14.2. The molecule has 1 aromatic heterocycles. The summed E-state index contributed by atoms with van der Waals surface area (Å²) in [5, 5.41) is 0. The monoisotopic (exact) mass is 238 g/mol. The van der Waals surface area contributed by atoms with E-state index in [1.165, 1.54) is 5.69 Å². The highest BCUT2D eigenvalue weighted by molar-refractivity contribution is 5.04. The minimum atomic E-state index is -0.181. The molecular formula is C13H26N4. The van der Waals surface area contributed by atoms with Gasteiger partial charge in [-0.05, 0) is 47.8 Å². The molecule has 17 heavy (non-hydrogen) atoms. The van der Waals surface area contributed by atoms with Crippen molar-refractivity contribution < 1.29 is 0 Å². The zero-order chi connectivity index (χ0) is 13.1. The molecule has 1 heterocycles. The summed E-state index contributed by atoms with van der Waals surface area (Å²) in [4.78, 5) is 6.46. The van der Waals surface area contributed by atoms with Gasteiger partial charge in [0.05, 0.1) is 6.33 Å². The van der Waals surface area contributed by atoms with Gasteiger partial charge in [-0.2, -0.15) is 0 Å². The molecule has 1 aromatic rings. The summed E-state index contributed by atoms with van der Waals surface area (Å²) in [6.07, 6.45) is 5.84. The molecule has 0 aliphatic heterocycles. The molecule has 98 valence electrons. The van der Waals surface area contributed by atoms with E-state index in [9.17, 15) is 0 Å². The summed E-state index contributed by atoms with van der Waals surface area (Å²) >= 11 is 0. The normalized spacial score (nSPS) is 14.3. The Kier molecular flexibility index (Phi) is 4.71. The molecule has 1 atom stereocenters. The summed E-state index contributed by atoms with van der Waals surface area (Å²) in [5.41, 5.74) is 7.11.